The molecular formula is C9H15N3O2. The van der Waals surface area contributed by atoms with Crippen molar-refractivity contribution in [2.45, 2.75) is 6.10 Å². The van der Waals surface area contributed by atoms with Gasteiger partial charge in [0.2, 0.25) is 5.88 Å². The quantitative estimate of drug-likeness (QED) is 0.695. The summed E-state index contributed by atoms with van der Waals surface area (Å²) in [6.07, 6.45) is 1.56. The molecule has 2 heterocycles. The third kappa shape index (κ3) is 1.73. The highest BCUT2D eigenvalue weighted by Crippen LogP contribution is 2.21. The molecule has 0 amide bonds. The van der Waals surface area contributed by atoms with Gasteiger partial charge in [-0.1, -0.05) is 0 Å². The van der Waals surface area contributed by atoms with Gasteiger partial charge in [-0.2, -0.15) is 4.98 Å². The summed E-state index contributed by atoms with van der Waals surface area (Å²) < 4.78 is 7.40. The van der Waals surface area contributed by atoms with E-state index in [1.807, 2.05) is 7.05 Å². The molecule has 0 aromatic carbocycles. The highest BCUT2D eigenvalue weighted by molar-refractivity contribution is 5.10. The van der Waals surface area contributed by atoms with Gasteiger partial charge in [0.1, 0.15) is 11.9 Å². The second-order valence-electron chi connectivity index (χ2n) is 3.69. The molecule has 78 valence electrons. The Bertz CT molecular complexity index is 324. The summed E-state index contributed by atoms with van der Waals surface area (Å²) >= 11 is 0. The second-order valence-corrected chi connectivity index (χ2v) is 3.69. The number of likely N-dealkylation sites (N-methyl/N-ethyl adjacent to an activating group) is 1. The highest BCUT2D eigenvalue weighted by Gasteiger charge is 2.23. The van der Waals surface area contributed by atoms with E-state index in [2.05, 4.69) is 16.9 Å². The SMILES string of the molecule is CN1CCOC(c2nc(O)cn2C)C1. The molecule has 5 nitrogen and oxygen atoms in total. The zero-order chi connectivity index (χ0) is 10.1. The summed E-state index contributed by atoms with van der Waals surface area (Å²) in [5.74, 6) is 0.841. The Hall–Kier alpha value is -1.07. The van der Waals surface area contributed by atoms with Crippen LogP contribution in [0.5, 0.6) is 5.88 Å². The summed E-state index contributed by atoms with van der Waals surface area (Å²) in [6, 6.07) is 0. The molecule has 1 fully saturated rings. The lowest BCUT2D eigenvalue weighted by Gasteiger charge is -2.29. The number of aromatic nitrogens is 2. The first kappa shape index (κ1) is 9.48. The first-order valence-electron chi connectivity index (χ1n) is 4.69. The zero-order valence-corrected chi connectivity index (χ0v) is 8.47. The fraction of sp³-hybridized carbons (Fsp3) is 0.667. The number of hydrogen-bond donors (Lipinski definition) is 1. The summed E-state index contributed by atoms with van der Waals surface area (Å²) in [7, 11) is 3.92. The van der Waals surface area contributed by atoms with Crippen LogP contribution in [-0.2, 0) is 11.8 Å². The van der Waals surface area contributed by atoms with E-state index in [1.54, 1.807) is 10.8 Å². The molecule has 1 aliphatic heterocycles. The first-order chi connectivity index (χ1) is 6.66. The minimum atomic E-state index is -0.0281. The molecular weight excluding hydrogens is 182 g/mol. The van der Waals surface area contributed by atoms with Gasteiger partial charge in [0.15, 0.2) is 0 Å². The fourth-order valence-electron chi connectivity index (χ4n) is 1.70. The van der Waals surface area contributed by atoms with E-state index in [0.717, 1.165) is 25.5 Å². The van der Waals surface area contributed by atoms with Crippen LogP contribution in [0.4, 0.5) is 0 Å². The van der Waals surface area contributed by atoms with E-state index in [0.29, 0.717) is 0 Å². The molecule has 1 N–H and O–H groups in total. The minimum absolute atomic E-state index is 0.0281. The van der Waals surface area contributed by atoms with Crippen molar-refractivity contribution in [2.24, 2.45) is 7.05 Å². The standard InChI is InChI=1S/C9H15N3O2/c1-11-3-4-14-7(5-11)9-10-8(13)6-12(9)2/h6-7,13H,3-5H2,1-2H3. The van der Waals surface area contributed by atoms with Gasteiger partial charge in [0, 0.05) is 20.1 Å². The molecule has 1 saturated heterocycles. The van der Waals surface area contributed by atoms with Crippen molar-refractivity contribution < 1.29 is 9.84 Å². The summed E-state index contributed by atoms with van der Waals surface area (Å²) in [6.45, 7) is 2.49. The van der Waals surface area contributed by atoms with E-state index in [9.17, 15) is 5.11 Å². The van der Waals surface area contributed by atoms with Crippen molar-refractivity contribution in [1.29, 1.82) is 0 Å². The van der Waals surface area contributed by atoms with Crippen LogP contribution in [0, 0.1) is 0 Å². The Balaban J connectivity index is 2.17. The molecule has 5 heteroatoms. The van der Waals surface area contributed by atoms with Crippen molar-refractivity contribution in [3.05, 3.63) is 12.0 Å². The summed E-state index contributed by atoms with van der Waals surface area (Å²) in [4.78, 5) is 6.23. The molecule has 0 saturated carbocycles. The Labute approximate surface area is 82.9 Å². The van der Waals surface area contributed by atoms with Crippen molar-refractivity contribution in [1.82, 2.24) is 14.5 Å². The maximum atomic E-state index is 9.23. The number of hydrogen-bond acceptors (Lipinski definition) is 4. The smallest absolute Gasteiger partial charge is 0.229 e. The topological polar surface area (TPSA) is 50.5 Å². The normalized spacial score (nSPS) is 24.0. The Kier molecular flexibility index (Phi) is 2.43. The van der Waals surface area contributed by atoms with Crippen LogP contribution in [0.15, 0.2) is 6.20 Å². The number of nitrogens with zero attached hydrogens (tertiary/aromatic N) is 3. The Morgan fingerprint density at radius 1 is 1.57 bits per heavy atom. The molecule has 1 aliphatic rings. The third-order valence-corrected chi connectivity index (χ3v) is 2.46. The van der Waals surface area contributed by atoms with E-state index in [1.165, 1.54) is 0 Å². The number of rotatable bonds is 1. The van der Waals surface area contributed by atoms with E-state index in [4.69, 9.17) is 4.74 Å². The van der Waals surface area contributed by atoms with E-state index >= 15 is 0 Å². The van der Waals surface area contributed by atoms with Gasteiger partial charge in [0.05, 0.1) is 12.8 Å². The van der Waals surface area contributed by atoms with Gasteiger partial charge < -0.3 is 19.3 Å². The summed E-state index contributed by atoms with van der Waals surface area (Å²) in [5.41, 5.74) is 0. The van der Waals surface area contributed by atoms with Crippen LogP contribution < -0.4 is 0 Å². The average molecular weight is 197 g/mol. The van der Waals surface area contributed by atoms with Crippen molar-refractivity contribution in [2.75, 3.05) is 26.7 Å². The lowest BCUT2D eigenvalue weighted by molar-refractivity contribution is -0.0268. The number of morpholine rings is 1. The molecule has 2 rings (SSSR count). The minimum Gasteiger partial charge on any atom is -0.492 e. The highest BCUT2D eigenvalue weighted by atomic mass is 16.5. The zero-order valence-electron chi connectivity index (χ0n) is 8.47. The van der Waals surface area contributed by atoms with Crippen molar-refractivity contribution in [3.8, 4) is 5.88 Å². The Morgan fingerprint density at radius 3 is 2.93 bits per heavy atom. The largest absolute Gasteiger partial charge is 0.492 e. The molecule has 1 aromatic rings. The van der Waals surface area contributed by atoms with Crippen LogP contribution in [0.1, 0.15) is 11.9 Å². The predicted molar refractivity (Wildman–Crippen MR) is 51.1 cm³/mol. The molecule has 1 aromatic heterocycles. The maximum absolute atomic E-state index is 9.23. The van der Waals surface area contributed by atoms with Crippen LogP contribution in [-0.4, -0.2) is 46.3 Å². The van der Waals surface area contributed by atoms with Gasteiger partial charge in [0.25, 0.3) is 0 Å². The molecule has 0 spiro atoms. The molecule has 14 heavy (non-hydrogen) atoms. The van der Waals surface area contributed by atoms with Gasteiger partial charge in [-0.25, -0.2) is 0 Å². The number of ether oxygens (including phenoxy) is 1. The first-order valence-corrected chi connectivity index (χ1v) is 4.69. The van der Waals surface area contributed by atoms with Crippen LogP contribution in [0.2, 0.25) is 0 Å². The maximum Gasteiger partial charge on any atom is 0.229 e. The van der Waals surface area contributed by atoms with Gasteiger partial charge in [-0.05, 0) is 7.05 Å². The summed E-state index contributed by atoms with van der Waals surface area (Å²) in [5, 5.41) is 9.23. The lowest BCUT2D eigenvalue weighted by atomic mass is 10.2. The van der Waals surface area contributed by atoms with Crippen LogP contribution in [0.3, 0.4) is 0 Å². The average Bonchev–Trinajstić information content (AvgIpc) is 2.45. The van der Waals surface area contributed by atoms with Gasteiger partial charge in [-0.15, -0.1) is 0 Å². The van der Waals surface area contributed by atoms with Gasteiger partial charge >= 0.3 is 0 Å². The van der Waals surface area contributed by atoms with E-state index in [-0.39, 0.29) is 12.0 Å². The van der Waals surface area contributed by atoms with Crippen LogP contribution >= 0.6 is 0 Å². The molecule has 0 radical (unpaired) electrons. The molecule has 0 aliphatic carbocycles. The third-order valence-electron chi connectivity index (χ3n) is 2.46. The number of aryl methyl sites for hydroxylation is 1. The fourth-order valence-corrected chi connectivity index (χ4v) is 1.70. The van der Waals surface area contributed by atoms with Crippen molar-refractivity contribution >= 4 is 0 Å². The van der Waals surface area contributed by atoms with Crippen molar-refractivity contribution in [3.63, 3.8) is 0 Å². The number of aromatic hydroxyl groups is 1. The Morgan fingerprint density at radius 2 is 2.36 bits per heavy atom. The molecule has 1 unspecified atom stereocenters. The monoisotopic (exact) mass is 197 g/mol. The second kappa shape index (κ2) is 3.59. The molecule has 1 atom stereocenters. The number of imidazole rings is 1. The van der Waals surface area contributed by atoms with Gasteiger partial charge in [-0.3, -0.25) is 0 Å². The molecule has 0 bridgehead atoms. The van der Waals surface area contributed by atoms with E-state index < -0.39 is 0 Å². The predicted octanol–water partition coefficient (Wildman–Crippen LogP) is 0.129. The van der Waals surface area contributed by atoms with Crippen LogP contribution in [0.25, 0.3) is 0 Å². The lowest BCUT2D eigenvalue weighted by Crippen LogP contribution is -2.36.